The largest absolute Gasteiger partial charge is 0.493 e. The van der Waals surface area contributed by atoms with Crippen LogP contribution in [0.4, 0.5) is 5.69 Å². The first-order valence-electron chi connectivity index (χ1n) is 8.59. The van der Waals surface area contributed by atoms with Gasteiger partial charge in [0.15, 0.2) is 17.3 Å². The van der Waals surface area contributed by atoms with E-state index in [-0.39, 0.29) is 5.91 Å². The third-order valence-electron chi connectivity index (χ3n) is 4.05. The summed E-state index contributed by atoms with van der Waals surface area (Å²) >= 11 is 7.15. The summed E-state index contributed by atoms with van der Waals surface area (Å²) < 4.78 is 11.9. The van der Waals surface area contributed by atoms with Crippen molar-refractivity contribution in [2.24, 2.45) is 0 Å². The number of benzene rings is 2. The van der Waals surface area contributed by atoms with Crippen LogP contribution in [0.5, 0.6) is 11.5 Å². The van der Waals surface area contributed by atoms with E-state index in [0.29, 0.717) is 38.8 Å². The highest BCUT2D eigenvalue weighted by atomic mass is 35.5. The Bertz CT molecular complexity index is 1030. The monoisotopic (exact) mass is 433 g/mol. The molecule has 0 saturated heterocycles. The van der Waals surface area contributed by atoms with Crippen molar-refractivity contribution in [1.82, 2.24) is 14.9 Å². The van der Waals surface area contributed by atoms with Crippen molar-refractivity contribution in [3.8, 4) is 22.9 Å². The molecule has 0 fully saturated rings. The minimum atomic E-state index is -0.460. The number of rotatable bonds is 7. The van der Waals surface area contributed by atoms with Crippen molar-refractivity contribution in [3.05, 3.63) is 47.5 Å². The maximum atomic E-state index is 12.5. The molecule has 3 rings (SSSR count). The first-order chi connectivity index (χ1) is 13.9. The molecule has 0 aliphatic rings. The molecule has 0 aliphatic heterocycles. The van der Waals surface area contributed by atoms with Gasteiger partial charge < -0.3 is 20.6 Å². The number of nitrogens with two attached hydrogens (primary N) is 1. The number of anilines is 1. The zero-order chi connectivity index (χ0) is 21.0. The Labute approximate surface area is 177 Å². The minimum absolute atomic E-state index is 0.201. The van der Waals surface area contributed by atoms with Crippen molar-refractivity contribution < 1.29 is 14.3 Å². The number of methoxy groups -OCH3 is 2. The van der Waals surface area contributed by atoms with E-state index in [4.69, 9.17) is 26.9 Å². The van der Waals surface area contributed by atoms with Gasteiger partial charge in [0.05, 0.1) is 19.5 Å². The highest BCUT2D eigenvalue weighted by Crippen LogP contribution is 2.32. The number of hydrogen-bond acceptors (Lipinski definition) is 7. The van der Waals surface area contributed by atoms with E-state index in [1.807, 2.05) is 0 Å². The molecule has 0 spiro atoms. The molecule has 3 N–H and O–H groups in total. The van der Waals surface area contributed by atoms with E-state index >= 15 is 0 Å². The first-order valence-corrected chi connectivity index (χ1v) is 9.84. The summed E-state index contributed by atoms with van der Waals surface area (Å²) in [7, 11) is 3.11. The van der Waals surface area contributed by atoms with Crippen LogP contribution < -0.4 is 20.6 Å². The Hall–Kier alpha value is -2.91. The second-order valence-electron chi connectivity index (χ2n) is 6.01. The molecule has 0 aliphatic carbocycles. The topological polar surface area (TPSA) is 104 Å². The zero-order valence-electron chi connectivity index (χ0n) is 16.0. The standard InChI is InChI=1S/C19H20ClN5O3S/c1-11(18(26)22-14-6-4-5-13(20)10-14)29-19-24-23-17(25(19)21)12-7-8-15(27-2)16(9-12)28-3/h4-11H,21H2,1-3H3,(H,22,26). The quantitative estimate of drug-likeness (QED) is 0.434. The summed E-state index contributed by atoms with van der Waals surface area (Å²) in [5.41, 5.74) is 1.33. The first kappa shape index (κ1) is 20.8. The predicted octanol–water partition coefficient (Wildman–Crippen LogP) is 3.45. The number of nitrogen functional groups attached to an aromatic ring is 1. The van der Waals surface area contributed by atoms with E-state index < -0.39 is 5.25 Å². The van der Waals surface area contributed by atoms with Crippen LogP contribution in [0.2, 0.25) is 5.02 Å². The van der Waals surface area contributed by atoms with E-state index in [0.717, 1.165) is 0 Å². The third kappa shape index (κ3) is 4.75. The molecular weight excluding hydrogens is 414 g/mol. The maximum Gasteiger partial charge on any atom is 0.237 e. The van der Waals surface area contributed by atoms with Crippen LogP contribution in [0.3, 0.4) is 0 Å². The highest BCUT2D eigenvalue weighted by Gasteiger charge is 2.21. The van der Waals surface area contributed by atoms with Crippen LogP contribution in [0.1, 0.15) is 6.92 Å². The smallest absolute Gasteiger partial charge is 0.237 e. The van der Waals surface area contributed by atoms with Crippen LogP contribution in [0, 0.1) is 0 Å². The third-order valence-corrected chi connectivity index (χ3v) is 5.34. The number of amides is 1. The zero-order valence-corrected chi connectivity index (χ0v) is 17.6. The molecular formula is C19H20ClN5O3S. The number of nitrogens with one attached hydrogen (secondary N) is 1. The number of thioether (sulfide) groups is 1. The van der Waals surface area contributed by atoms with E-state index in [2.05, 4.69) is 15.5 Å². The Kier molecular flexibility index (Phi) is 6.50. The number of ether oxygens (including phenoxy) is 2. The molecule has 1 unspecified atom stereocenters. The number of aromatic nitrogens is 3. The van der Waals surface area contributed by atoms with Crippen LogP contribution in [-0.4, -0.2) is 40.3 Å². The molecule has 1 amide bonds. The van der Waals surface area contributed by atoms with Gasteiger partial charge in [-0.15, -0.1) is 10.2 Å². The van der Waals surface area contributed by atoms with Gasteiger partial charge >= 0.3 is 0 Å². The van der Waals surface area contributed by atoms with Gasteiger partial charge in [-0.1, -0.05) is 29.4 Å². The second-order valence-corrected chi connectivity index (χ2v) is 7.75. The summed E-state index contributed by atoms with van der Waals surface area (Å²) in [5, 5.41) is 11.6. The maximum absolute atomic E-state index is 12.5. The molecule has 1 heterocycles. The molecule has 1 atom stereocenters. The lowest BCUT2D eigenvalue weighted by atomic mass is 10.2. The van der Waals surface area contributed by atoms with Gasteiger partial charge in [-0.2, -0.15) is 0 Å². The van der Waals surface area contributed by atoms with Gasteiger partial charge in [0, 0.05) is 16.3 Å². The number of nitrogens with zero attached hydrogens (tertiary/aromatic N) is 3. The summed E-state index contributed by atoms with van der Waals surface area (Å²) in [4.78, 5) is 12.5. The Morgan fingerprint density at radius 3 is 2.62 bits per heavy atom. The van der Waals surface area contributed by atoms with Crippen LogP contribution in [0.15, 0.2) is 47.6 Å². The molecule has 3 aromatic rings. The fraction of sp³-hybridized carbons (Fsp3) is 0.211. The number of carbonyl (C=O) groups excluding carboxylic acids is 1. The predicted molar refractivity (Wildman–Crippen MR) is 114 cm³/mol. The van der Waals surface area contributed by atoms with Crippen LogP contribution in [-0.2, 0) is 4.79 Å². The molecule has 8 nitrogen and oxygen atoms in total. The van der Waals surface area contributed by atoms with Gasteiger partial charge in [0.25, 0.3) is 0 Å². The Balaban J connectivity index is 1.74. The minimum Gasteiger partial charge on any atom is -0.493 e. The van der Waals surface area contributed by atoms with E-state index in [9.17, 15) is 4.79 Å². The van der Waals surface area contributed by atoms with Crippen molar-refractivity contribution >= 4 is 35.0 Å². The van der Waals surface area contributed by atoms with Crippen molar-refractivity contribution in [1.29, 1.82) is 0 Å². The molecule has 152 valence electrons. The molecule has 10 heteroatoms. The van der Waals surface area contributed by atoms with Gasteiger partial charge in [-0.25, -0.2) is 4.68 Å². The van der Waals surface area contributed by atoms with Gasteiger partial charge in [-0.3, -0.25) is 4.79 Å². The van der Waals surface area contributed by atoms with Crippen molar-refractivity contribution in [2.75, 3.05) is 25.4 Å². The SMILES string of the molecule is COc1ccc(-c2nnc(SC(C)C(=O)Nc3cccc(Cl)c3)n2N)cc1OC. The van der Waals surface area contributed by atoms with Crippen molar-refractivity contribution in [2.45, 2.75) is 17.3 Å². The van der Waals surface area contributed by atoms with E-state index in [1.54, 1.807) is 63.6 Å². The normalized spacial score (nSPS) is 11.7. The second kappa shape index (κ2) is 9.06. The number of halogens is 1. The van der Waals surface area contributed by atoms with Gasteiger partial charge in [-0.05, 0) is 43.3 Å². The molecule has 0 bridgehead atoms. The van der Waals surface area contributed by atoms with Gasteiger partial charge in [0.2, 0.25) is 11.1 Å². The molecule has 29 heavy (non-hydrogen) atoms. The summed E-state index contributed by atoms with van der Waals surface area (Å²) in [6, 6.07) is 12.3. The molecule has 0 saturated carbocycles. The summed E-state index contributed by atoms with van der Waals surface area (Å²) in [6.45, 7) is 1.76. The van der Waals surface area contributed by atoms with Crippen LogP contribution >= 0.6 is 23.4 Å². The lowest BCUT2D eigenvalue weighted by Crippen LogP contribution is -2.23. The van der Waals surface area contributed by atoms with E-state index in [1.165, 1.54) is 16.4 Å². The molecule has 0 radical (unpaired) electrons. The molecule has 2 aromatic carbocycles. The number of carbonyl (C=O) groups is 1. The average Bonchev–Trinajstić information content (AvgIpc) is 3.07. The van der Waals surface area contributed by atoms with Crippen molar-refractivity contribution in [3.63, 3.8) is 0 Å². The Morgan fingerprint density at radius 2 is 1.93 bits per heavy atom. The lowest BCUT2D eigenvalue weighted by molar-refractivity contribution is -0.115. The molecule has 1 aromatic heterocycles. The summed E-state index contributed by atoms with van der Waals surface area (Å²) in [5.74, 6) is 7.56. The average molecular weight is 434 g/mol. The Morgan fingerprint density at radius 1 is 1.17 bits per heavy atom. The fourth-order valence-electron chi connectivity index (χ4n) is 2.55. The highest BCUT2D eigenvalue weighted by molar-refractivity contribution is 8.00. The number of hydrogen-bond donors (Lipinski definition) is 2. The van der Waals surface area contributed by atoms with Gasteiger partial charge in [0.1, 0.15) is 0 Å². The van der Waals surface area contributed by atoms with Crippen LogP contribution in [0.25, 0.3) is 11.4 Å². The lowest BCUT2D eigenvalue weighted by Gasteiger charge is -2.12. The summed E-state index contributed by atoms with van der Waals surface area (Å²) in [6.07, 6.45) is 0. The fourth-order valence-corrected chi connectivity index (χ4v) is 3.51.